The predicted molar refractivity (Wildman–Crippen MR) is 170 cm³/mol. The molecule has 2 aromatic carbocycles. The number of rotatable bonds is 5. The number of anilines is 2. The number of halogens is 2. The van der Waals surface area contributed by atoms with Crippen molar-refractivity contribution in [2.75, 3.05) is 42.6 Å². The van der Waals surface area contributed by atoms with Crippen LogP contribution in [0.5, 0.6) is 11.8 Å². The number of nitrogens with one attached hydrogen (secondary N) is 1. The quantitative estimate of drug-likeness (QED) is 0.403. The molecular formula is C34H40ClFN6O2. The number of ether oxygens (including phenoxy) is 1. The first kappa shape index (κ1) is 27.4. The predicted octanol–water partition coefficient (Wildman–Crippen LogP) is 5.23. The van der Waals surface area contributed by atoms with Crippen LogP contribution in [0.4, 0.5) is 15.9 Å². The summed E-state index contributed by atoms with van der Waals surface area (Å²) in [5.41, 5.74) is 2.79. The third kappa shape index (κ3) is 4.44. The third-order valence-electron chi connectivity index (χ3n) is 11.5. The van der Waals surface area contributed by atoms with Crippen LogP contribution in [0.2, 0.25) is 5.02 Å². The van der Waals surface area contributed by atoms with Gasteiger partial charge in [0.2, 0.25) is 0 Å². The highest BCUT2D eigenvalue weighted by molar-refractivity contribution is 6.36. The average molecular weight is 619 g/mol. The number of phenols is 1. The molecule has 2 N–H and O–H groups in total. The standard InChI is InChI=1S/C34H40ClFN6O2/c35-27-5-1-3-20-11-25(43)12-30(31(20)27)40-10-9-26-28(18-40)38-33(39-32(26)41-16-23-7-8-24(17-41)37-23)44-19-34-13-21-4-2-6-29(21)42(34)15-22(36)14-34/h1,3,5,11-12,21-24,29,37,43H,2,4,6-10,13-19H2/t21-,22-,23?,24?,29-,34-/m0/s1. The summed E-state index contributed by atoms with van der Waals surface area (Å²) in [5, 5.41) is 16.9. The van der Waals surface area contributed by atoms with E-state index < -0.39 is 6.17 Å². The molecule has 8 nitrogen and oxygen atoms in total. The fraction of sp³-hybridized carbons (Fsp3) is 0.588. The molecular weight excluding hydrogens is 579 g/mol. The molecule has 5 fully saturated rings. The number of hydrogen-bond donors (Lipinski definition) is 2. The highest BCUT2D eigenvalue weighted by atomic mass is 35.5. The number of aromatic hydroxyl groups is 1. The van der Waals surface area contributed by atoms with Gasteiger partial charge in [-0.15, -0.1) is 0 Å². The zero-order valence-corrected chi connectivity index (χ0v) is 25.8. The Morgan fingerprint density at radius 1 is 1.05 bits per heavy atom. The van der Waals surface area contributed by atoms with Crippen LogP contribution < -0.4 is 19.9 Å². The summed E-state index contributed by atoms with van der Waals surface area (Å²) in [6.45, 7) is 4.16. The molecule has 1 aliphatic carbocycles. The topological polar surface area (TPSA) is 77.0 Å². The Hall–Kier alpha value is -2.88. The highest BCUT2D eigenvalue weighted by Gasteiger charge is 2.58. The maximum absolute atomic E-state index is 14.9. The normalized spacial score (nSPS) is 32.7. The molecule has 1 aromatic heterocycles. The van der Waals surface area contributed by atoms with Crippen molar-refractivity contribution in [1.82, 2.24) is 20.2 Å². The van der Waals surface area contributed by atoms with Gasteiger partial charge in [0.25, 0.3) is 0 Å². The molecule has 10 heteroatoms. The molecule has 2 unspecified atom stereocenters. The highest BCUT2D eigenvalue weighted by Crippen LogP contribution is 2.52. The SMILES string of the molecule is Oc1cc(N2CCc3c(nc(OC[C@]45C[C@H](F)CN4[C@H]4CCC[C@H]4C5)nc3N3CC4CCC(C3)N4)C2)c2c(Cl)cccc2c1. The molecule has 1 saturated carbocycles. The third-order valence-corrected chi connectivity index (χ3v) is 11.8. The van der Waals surface area contributed by atoms with Crippen LogP contribution in [0.15, 0.2) is 30.3 Å². The lowest BCUT2D eigenvalue weighted by molar-refractivity contribution is 0.0829. The van der Waals surface area contributed by atoms with Crippen molar-refractivity contribution >= 4 is 33.9 Å². The fourth-order valence-electron chi connectivity index (χ4n) is 9.73. The van der Waals surface area contributed by atoms with E-state index in [9.17, 15) is 9.50 Å². The van der Waals surface area contributed by atoms with Crippen molar-refractivity contribution in [3.63, 3.8) is 0 Å². The first-order valence-corrected chi connectivity index (χ1v) is 16.9. The Kier molecular flexibility index (Phi) is 6.44. The van der Waals surface area contributed by atoms with Crippen LogP contribution in [0.1, 0.15) is 56.2 Å². The molecule has 0 radical (unpaired) electrons. The van der Waals surface area contributed by atoms with Crippen molar-refractivity contribution in [3.05, 3.63) is 46.6 Å². The van der Waals surface area contributed by atoms with Gasteiger partial charge in [0.15, 0.2) is 0 Å². The molecule has 9 rings (SSSR count). The second kappa shape index (κ2) is 10.3. The van der Waals surface area contributed by atoms with Crippen molar-refractivity contribution in [2.45, 2.75) is 87.7 Å². The zero-order valence-electron chi connectivity index (χ0n) is 25.0. The number of phenolic OH excluding ortho intramolecular Hbond substituents is 1. The first-order chi connectivity index (χ1) is 21.4. The monoisotopic (exact) mass is 618 g/mol. The van der Waals surface area contributed by atoms with E-state index in [0.29, 0.717) is 61.2 Å². The van der Waals surface area contributed by atoms with E-state index in [4.69, 9.17) is 26.3 Å². The van der Waals surface area contributed by atoms with E-state index in [1.165, 1.54) is 37.7 Å². The largest absolute Gasteiger partial charge is 0.508 e. The second-order valence-corrected chi connectivity index (χ2v) is 14.6. The minimum atomic E-state index is -0.797. The van der Waals surface area contributed by atoms with Gasteiger partial charge in [0, 0.05) is 67.7 Å². The van der Waals surface area contributed by atoms with E-state index in [1.54, 1.807) is 6.07 Å². The summed E-state index contributed by atoms with van der Waals surface area (Å²) in [6.07, 6.45) is 7.60. The first-order valence-electron chi connectivity index (χ1n) is 16.5. The lowest BCUT2D eigenvalue weighted by Crippen LogP contribution is -2.52. The zero-order chi connectivity index (χ0) is 29.6. The molecule has 3 aromatic rings. The molecule has 6 atom stereocenters. The van der Waals surface area contributed by atoms with Crippen LogP contribution in [-0.2, 0) is 13.0 Å². The smallest absolute Gasteiger partial charge is 0.318 e. The lowest BCUT2D eigenvalue weighted by atomic mass is 9.89. The fourth-order valence-corrected chi connectivity index (χ4v) is 10.0. The molecule has 2 bridgehead atoms. The van der Waals surface area contributed by atoms with Crippen molar-refractivity contribution in [1.29, 1.82) is 0 Å². The van der Waals surface area contributed by atoms with Crippen LogP contribution >= 0.6 is 11.6 Å². The van der Waals surface area contributed by atoms with Gasteiger partial charge in [-0.25, -0.2) is 4.39 Å². The molecule has 0 amide bonds. The Bertz CT molecular complexity index is 1610. The molecule has 4 saturated heterocycles. The van der Waals surface area contributed by atoms with Gasteiger partial charge < -0.3 is 25.0 Å². The summed E-state index contributed by atoms with van der Waals surface area (Å²) in [5.74, 6) is 1.87. The molecule has 0 spiro atoms. The summed E-state index contributed by atoms with van der Waals surface area (Å²) < 4.78 is 21.5. The van der Waals surface area contributed by atoms with Crippen molar-refractivity contribution in [3.8, 4) is 11.8 Å². The van der Waals surface area contributed by atoms with Gasteiger partial charge in [0.1, 0.15) is 24.3 Å². The summed E-state index contributed by atoms with van der Waals surface area (Å²) in [7, 11) is 0. The van der Waals surface area contributed by atoms with E-state index in [1.807, 2.05) is 24.3 Å². The molecule has 232 valence electrons. The average Bonchev–Trinajstić information content (AvgIpc) is 3.75. The molecule has 6 heterocycles. The number of aromatic nitrogens is 2. The van der Waals surface area contributed by atoms with Gasteiger partial charge in [0.05, 0.1) is 28.5 Å². The summed E-state index contributed by atoms with van der Waals surface area (Å²) in [6, 6.07) is 11.2. The minimum Gasteiger partial charge on any atom is -0.508 e. The number of nitrogens with zero attached hydrogens (tertiary/aromatic N) is 5. The van der Waals surface area contributed by atoms with Crippen molar-refractivity contribution < 1.29 is 14.2 Å². The number of benzene rings is 2. The number of hydrogen-bond acceptors (Lipinski definition) is 8. The summed E-state index contributed by atoms with van der Waals surface area (Å²) in [4.78, 5) is 17.3. The number of fused-ring (bicyclic) bond motifs is 7. The van der Waals surface area contributed by atoms with Gasteiger partial charge >= 0.3 is 6.01 Å². The van der Waals surface area contributed by atoms with Gasteiger partial charge in [-0.2, -0.15) is 9.97 Å². The Balaban J connectivity index is 1.07. The molecule has 44 heavy (non-hydrogen) atoms. The number of alkyl halides is 1. The van der Waals surface area contributed by atoms with Crippen molar-refractivity contribution in [2.24, 2.45) is 5.92 Å². The van der Waals surface area contributed by atoms with E-state index >= 15 is 0 Å². The lowest BCUT2D eigenvalue weighted by Gasteiger charge is -2.38. The van der Waals surface area contributed by atoms with E-state index in [2.05, 4.69) is 20.0 Å². The number of piperazine rings is 1. The van der Waals surface area contributed by atoms with E-state index in [-0.39, 0.29) is 11.3 Å². The van der Waals surface area contributed by atoms with Crippen LogP contribution in [-0.4, -0.2) is 82.6 Å². The Morgan fingerprint density at radius 3 is 2.77 bits per heavy atom. The van der Waals surface area contributed by atoms with Gasteiger partial charge in [-0.05, 0) is 62.0 Å². The van der Waals surface area contributed by atoms with Crippen LogP contribution in [0.25, 0.3) is 10.8 Å². The van der Waals surface area contributed by atoms with Gasteiger partial charge in [-0.3, -0.25) is 4.90 Å². The van der Waals surface area contributed by atoms with Crippen LogP contribution in [0.3, 0.4) is 0 Å². The molecule has 5 aliphatic heterocycles. The van der Waals surface area contributed by atoms with E-state index in [0.717, 1.165) is 60.4 Å². The maximum atomic E-state index is 14.9. The van der Waals surface area contributed by atoms with Crippen LogP contribution in [0, 0.1) is 5.92 Å². The van der Waals surface area contributed by atoms with Gasteiger partial charge in [-0.1, -0.05) is 30.2 Å². The summed E-state index contributed by atoms with van der Waals surface area (Å²) >= 11 is 6.71. The molecule has 6 aliphatic rings. The minimum absolute atomic E-state index is 0.220. The second-order valence-electron chi connectivity index (χ2n) is 14.2. The Labute approximate surface area is 262 Å². The maximum Gasteiger partial charge on any atom is 0.318 e. The Morgan fingerprint density at radius 2 is 1.91 bits per heavy atom.